The second-order valence-corrected chi connectivity index (χ2v) is 6.43. The molecular formula is C16H31N3S. The van der Waals surface area contributed by atoms with Gasteiger partial charge in [0.15, 0.2) is 0 Å². The Hall–Kier alpha value is -0.480. The second-order valence-electron chi connectivity index (χ2n) is 5.04. The van der Waals surface area contributed by atoms with E-state index in [1.165, 1.54) is 34.9 Å². The molecule has 4 heteroatoms. The van der Waals surface area contributed by atoms with E-state index in [1.54, 1.807) is 0 Å². The van der Waals surface area contributed by atoms with Crippen molar-refractivity contribution in [1.29, 1.82) is 0 Å². The number of nitrogens with one attached hydrogen (secondary N) is 1. The fourth-order valence-electron chi connectivity index (χ4n) is 2.80. The molecule has 0 radical (unpaired) electrons. The zero-order valence-corrected chi connectivity index (χ0v) is 14.6. The summed E-state index contributed by atoms with van der Waals surface area (Å²) >= 11 is 2.02. The largest absolute Gasteiger partial charge is 0.313 e. The molecule has 20 heavy (non-hydrogen) atoms. The zero-order valence-electron chi connectivity index (χ0n) is 13.8. The molecule has 1 atom stereocenters. The molecule has 1 N–H and O–H groups in total. The van der Waals surface area contributed by atoms with Crippen molar-refractivity contribution in [3.05, 3.63) is 17.0 Å². The van der Waals surface area contributed by atoms with Crippen LogP contribution in [0.2, 0.25) is 0 Å². The van der Waals surface area contributed by atoms with Crippen LogP contribution in [0.15, 0.2) is 0 Å². The van der Waals surface area contributed by atoms with E-state index in [4.69, 9.17) is 5.10 Å². The Balaban J connectivity index is 2.95. The molecule has 1 aromatic heterocycles. The molecule has 116 valence electrons. The summed E-state index contributed by atoms with van der Waals surface area (Å²) in [4.78, 5) is 0. The molecule has 3 nitrogen and oxygen atoms in total. The predicted molar refractivity (Wildman–Crippen MR) is 90.7 cm³/mol. The van der Waals surface area contributed by atoms with Crippen molar-refractivity contribution >= 4 is 11.8 Å². The van der Waals surface area contributed by atoms with Crippen LogP contribution in [-0.4, -0.2) is 28.3 Å². The van der Waals surface area contributed by atoms with E-state index in [9.17, 15) is 0 Å². The highest BCUT2D eigenvalue weighted by molar-refractivity contribution is 7.99. The molecule has 0 spiro atoms. The van der Waals surface area contributed by atoms with Gasteiger partial charge in [0.2, 0.25) is 0 Å². The molecular weight excluding hydrogens is 266 g/mol. The van der Waals surface area contributed by atoms with Crippen LogP contribution in [0.5, 0.6) is 0 Å². The van der Waals surface area contributed by atoms with Crippen LogP contribution in [0.1, 0.15) is 63.5 Å². The smallest absolute Gasteiger partial charge is 0.0672 e. The molecule has 0 aliphatic rings. The molecule has 1 heterocycles. The number of thioether (sulfide) groups is 1. The van der Waals surface area contributed by atoms with Crippen molar-refractivity contribution < 1.29 is 0 Å². The summed E-state index contributed by atoms with van der Waals surface area (Å²) < 4.78 is 2.27. The molecule has 0 amide bonds. The molecule has 0 aliphatic heterocycles. The van der Waals surface area contributed by atoms with Crippen LogP contribution >= 0.6 is 11.8 Å². The lowest BCUT2D eigenvalue weighted by molar-refractivity contribution is 0.553. The Morgan fingerprint density at radius 1 is 1.20 bits per heavy atom. The average molecular weight is 298 g/mol. The average Bonchev–Trinajstić information content (AvgIpc) is 2.83. The van der Waals surface area contributed by atoms with Crippen molar-refractivity contribution in [1.82, 2.24) is 15.1 Å². The van der Waals surface area contributed by atoms with Crippen molar-refractivity contribution in [3.63, 3.8) is 0 Å². The fourth-order valence-corrected chi connectivity index (χ4v) is 3.42. The first-order valence-electron chi connectivity index (χ1n) is 8.06. The number of aromatic nitrogens is 2. The van der Waals surface area contributed by atoms with E-state index >= 15 is 0 Å². The van der Waals surface area contributed by atoms with Gasteiger partial charge in [-0.15, -0.1) is 0 Å². The van der Waals surface area contributed by atoms with Gasteiger partial charge in [-0.1, -0.05) is 27.7 Å². The first-order chi connectivity index (χ1) is 9.73. The first kappa shape index (κ1) is 17.6. The molecule has 1 unspecified atom stereocenters. The summed E-state index contributed by atoms with van der Waals surface area (Å²) in [6.45, 7) is 9.99. The summed E-state index contributed by atoms with van der Waals surface area (Å²) in [5.41, 5.74) is 4.18. The lowest BCUT2D eigenvalue weighted by Crippen LogP contribution is -2.18. The summed E-state index contributed by atoms with van der Waals surface area (Å²) in [6, 6.07) is 0.443. The van der Waals surface area contributed by atoms with E-state index in [0.717, 1.165) is 25.8 Å². The third-order valence-electron chi connectivity index (χ3n) is 3.81. The third-order valence-corrected chi connectivity index (χ3v) is 4.80. The van der Waals surface area contributed by atoms with E-state index in [0.29, 0.717) is 6.04 Å². The minimum absolute atomic E-state index is 0.443. The summed E-state index contributed by atoms with van der Waals surface area (Å²) in [7, 11) is 2.06. The van der Waals surface area contributed by atoms with Crippen LogP contribution in [-0.2, 0) is 19.4 Å². The lowest BCUT2D eigenvalue weighted by atomic mass is 9.99. The fraction of sp³-hybridized carbons (Fsp3) is 0.812. The number of rotatable bonds is 10. The SMILES string of the molecule is CCSCCCn1nc(CC)c(C(CC)NC)c1CC. The monoisotopic (exact) mass is 297 g/mol. The quantitative estimate of drug-likeness (QED) is 0.666. The first-order valence-corrected chi connectivity index (χ1v) is 9.22. The van der Waals surface area contributed by atoms with E-state index in [2.05, 4.69) is 44.7 Å². The predicted octanol–water partition coefficient (Wildman–Crippen LogP) is 3.82. The molecule has 0 saturated carbocycles. The van der Waals surface area contributed by atoms with Gasteiger partial charge in [-0.2, -0.15) is 16.9 Å². The Bertz CT molecular complexity index is 383. The highest BCUT2D eigenvalue weighted by atomic mass is 32.2. The lowest BCUT2D eigenvalue weighted by Gasteiger charge is -2.16. The number of hydrogen-bond donors (Lipinski definition) is 1. The topological polar surface area (TPSA) is 29.9 Å². The minimum Gasteiger partial charge on any atom is -0.313 e. The third kappa shape index (κ3) is 4.26. The highest BCUT2D eigenvalue weighted by Crippen LogP contribution is 2.26. The zero-order chi connectivity index (χ0) is 15.0. The summed E-state index contributed by atoms with van der Waals surface area (Å²) in [6.07, 6.45) is 4.43. The van der Waals surface area contributed by atoms with Gasteiger partial charge >= 0.3 is 0 Å². The van der Waals surface area contributed by atoms with E-state index in [-0.39, 0.29) is 0 Å². The molecule has 0 bridgehead atoms. The highest BCUT2D eigenvalue weighted by Gasteiger charge is 2.21. The standard InChI is InChI=1S/C16H31N3S/c1-6-13(17-5)16-14(7-2)18-19(15(16)8-3)11-10-12-20-9-4/h13,17H,6-12H2,1-5H3. The molecule has 0 fully saturated rings. The Labute approximate surface area is 128 Å². The van der Waals surface area contributed by atoms with Gasteiger partial charge in [0, 0.05) is 23.8 Å². The van der Waals surface area contributed by atoms with Crippen LogP contribution in [0.25, 0.3) is 0 Å². The van der Waals surface area contributed by atoms with Crippen LogP contribution in [0.3, 0.4) is 0 Å². The van der Waals surface area contributed by atoms with Crippen molar-refractivity contribution in [3.8, 4) is 0 Å². The van der Waals surface area contributed by atoms with Crippen molar-refractivity contribution in [2.75, 3.05) is 18.6 Å². The van der Waals surface area contributed by atoms with Gasteiger partial charge in [0.25, 0.3) is 0 Å². The Morgan fingerprint density at radius 3 is 2.45 bits per heavy atom. The van der Waals surface area contributed by atoms with Gasteiger partial charge in [0.1, 0.15) is 0 Å². The van der Waals surface area contributed by atoms with Gasteiger partial charge in [-0.05, 0) is 44.2 Å². The van der Waals surface area contributed by atoms with Gasteiger partial charge in [0.05, 0.1) is 5.69 Å². The molecule has 0 aliphatic carbocycles. The maximum absolute atomic E-state index is 4.88. The summed E-state index contributed by atoms with van der Waals surface area (Å²) in [5, 5.41) is 8.33. The Kier molecular flexibility index (Phi) is 8.31. The van der Waals surface area contributed by atoms with Crippen LogP contribution in [0, 0.1) is 0 Å². The number of aryl methyl sites for hydroxylation is 2. The van der Waals surface area contributed by atoms with Crippen molar-refractivity contribution in [2.24, 2.45) is 0 Å². The normalized spacial score (nSPS) is 12.8. The molecule has 1 aromatic rings. The van der Waals surface area contributed by atoms with E-state index < -0.39 is 0 Å². The number of nitrogens with zero attached hydrogens (tertiary/aromatic N) is 2. The van der Waals surface area contributed by atoms with Crippen LogP contribution < -0.4 is 5.32 Å². The minimum atomic E-state index is 0.443. The molecule has 0 saturated heterocycles. The van der Waals surface area contributed by atoms with Gasteiger partial charge in [-0.25, -0.2) is 0 Å². The van der Waals surface area contributed by atoms with Gasteiger partial charge in [-0.3, -0.25) is 4.68 Å². The molecule has 0 aromatic carbocycles. The maximum Gasteiger partial charge on any atom is 0.0672 e. The maximum atomic E-state index is 4.88. The molecule has 1 rings (SSSR count). The van der Waals surface area contributed by atoms with Gasteiger partial charge < -0.3 is 5.32 Å². The van der Waals surface area contributed by atoms with Crippen LogP contribution in [0.4, 0.5) is 0 Å². The summed E-state index contributed by atoms with van der Waals surface area (Å²) in [5.74, 6) is 2.45. The Morgan fingerprint density at radius 2 is 1.95 bits per heavy atom. The van der Waals surface area contributed by atoms with E-state index in [1.807, 2.05) is 11.8 Å². The number of hydrogen-bond acceptors (Lipinski definition) is 3. The second kappa shape index (κ2) is 9.46. The van der Waals surface area contributed by atoms with Crippen molar-refractivity contribution in [2.45, 2.75) is 66.0 Å².